The SMILES string of the molecule is CNc1cccc(-c2cnc(C(F)(F)F)nc2)c1. The Balaban J connectivity index is 2.34. The molecule has 2 aromatic rings. The van der Waals surface area contributed by atoms with Gasteiger partial charge in [0.15, 0.2) is 0 Å². The Morgan fingerprint density at radius 3 is 2.28 bits per heavy atom. The number of hydrogen-bond acceptors (Lipinski definition) is 3. The van der Waals surface area contributed by atoms with Gasteiger partial charge in [-0.2, -0.15) is 13.2 Å². The molecule has 0 unspecified atom stereocenters. The van der Waals surface area contributed by atoms with E-state index in [1.165, 1.54) is 12.4 Å². The van der Waals surface area contributed by atoms with Gasteiger partial charge in [0.05, 0.1) is 0 Å². The summed E-state index contributed by atoms with van der Waals surface area (Å²) < 4.78 is 36.9. The van der Waals surface area contributed by atoms with Crippen LogP contribution in [0.2, 0.25) is 0 Å². The van der Waals surface area contributed by atoms with Crippen molar-refractivity contribution in [2.24, 2.45) is 0 Å². The van der Waals surface area contributed by atoms with E-state index >= 15 is 0 Å². The fourth-order valence-corrected chi connectivity index (χ4v) is 1.48. The normalized spacial score (nSPS) is 11.3. The van der Waals surface area contributed by atoms with Gasteiger partial charge in [0.1, 0.15) is 0 Å². The molecule has 6 heteroatoms. The Morgan fingerprint density at radius 1 is 1.06 bits per heavy atom. The largest absolute Gasteiger partial charge is 0.451 e. The lowest BCUT2D eigenvalue weighted by Crippen LogP contribution is -2.10. The lowest BCUT2D eigenvalue weighted by Gasteiger charge is -2.07. The summed E-state index contributed by atoms with van der Waals surface area (Å²) in [4.78, 5) is 6.65. The van der Waals surface area contributed by atoms with Gasteiger partial charge in [-0.3, -0.25) is 0 Å². The van der Waals surface area contributed by atoms with Gasteiger partial charge in [-0.15, -0.1) is 0 Å². The Hall–Kier alpha value is -2.11. The van der Waals surface area contributed by atoms with Crippen molar-refractivity contribution in [2.45, 2.75) is 6.18 Å². The van der Waals surface area contributed by atoms with E-state index in [1.54, 1.807) is 19.2 Å². The predicted molar refractivity (Wildman–Crippen MR) is 62.0 cm³/mol. The molecule has 94 valence electrons. The Kier molecular flexibility index (Phi) is 3.18. The minimum absolute atomic E-state index is 0.542. The van der Waals surface area contributed by atoms with E-state index in [0.29, 0.717) is 5.56 Å². The van der Waals surface area contributed by atoms with Crippen molar-refractivity contribution in [2.75, 3.05) is 12.4 Å². The quantitative estimate of drug-likeness (QED) is 0.893. The maximum atomic E-state index is 12.3. The number of benzene rings is 1. The number of halogens is 3. The lowest BCUT2D eigenvalue weighted by atomic mass is 10.1. The van der Waals surface area contributed by atoms with Crippen LogP contribution in [0.5, 0.6) is 0 Å². The van der Waals surface area contributed by atoms with Crippen molar-refractivity contribution in [3.8, 4) is 11.1 Å². The van der Waals surface area contributed by atoms with Gasteiger partial charge in [-0.25, -0.2) is 9.97 Å². The van der Waals surface area contributed by atoms with Gasteiger partial charge in [0.25, 0.3) is 0 Å². The van der Waals surface area contributed by atoms with Crippen LogP contribution in [0.1, 0.15) is 5.82 Å². The second-order valence-corrected chi connectivity index (χ2v) is 3.62. The van der Waals surface area contributed by atoms with Crippen LogP contribution >= 0.6 is 0 Å². The van der Waals surface area contributed by atoms with Crippen LogP contribution in [0, 0.1) is 0 Å². The molecule has 0 aliphatic carbocycles. The zero-order chi connectivity index (χ0) is 13.2. The zero-order valence-corrected chi connectivity index (χ0v) is 9.49. The average Bonchev–Trinajstić information content (AvgIpc) is 2.38. The molecule has 0 saturated carbocycles. The minimum atomic E-state index is -4.51. The van der Waals surface area contributed by atoms with E-state index in [4.69, 9.17) is 0 Å². The second-order valence-electron chi connectivity index (χ2n) is 3.62. The molecule has 18 heavy (non-hydrogen) atoms. The molecule has 0 aliphatic rings. The highest BCUT2D eigenvalue weighted by atomic mass is 19.4. The number of alkyl halides is 3. The van der Waals surface area contributed by atoms with Crippen molar-refractivity contribution in [3.05, 3.63) is 42.5 Å². The van der Waals surface area contributed by atoms with Crippen molar-refractivity contribution in [1.29, 1.82) is 0 Å². The third kappa shape index (κ3) is 2.58. The highest BCUT2D eigenvalue weighted by Crippen LogP contribution is 2.27. The van der Waals surface area contributed by atoms with Crippen LogP contribution in [0.4, 0.5) is 18.9 Å². The van der Waals surface area contributed by atoms with E-state index in [2.05, 4.69) is 15.3 Å². The standard InChI is InChI=1S/C12H10F3N3/c1-16-10-4-2-3-8(5-10)9-6-17-11(18-7-9)12(13,14)15/h2-7,16H,1H3. The minimum Gasteiger partial charge on any atom is -0.388 e. The average molecular weight is 253 g/mol. The fraction of sp³-hybridized carbons (Fsp3) is 0.167. The van der Waals surface area contributed by atoms with Gasteiger partial charge in [0.2, 0.25) is 5.82 Å². The molecule has 1 aromatic carbocycles. The van der Waals surface area contributed by atoms with Crippen molar-refractivity contribution < 1.29 is 13.2 Å². The van der Waals surface area contributed by atoms with Crippen LogP contribution in [0.15, 0.2) is 36.7 Å². The first kappa shape index (κ1) is 12.3. The molecule has 0 saturated heterocycles. The van der Waals surface area contributed by atoms with Gasteiger partial charge < -0.3 is 5.32 Å². The Bertz CT molecular complexity index is 535. The van der Waals surface area contributed by atoms with Crippen molar-refractivity contribution in [1.82, 2.24) is 9.97 Å². The molecule has 1 aromatic heterocycles. The molecule has 0 radical (unpaired) electrons. The molecule has 1 heterocycles. The summed E-state index contributed by atoms with van der Waals surface area (Å²) in [7, 11) is 1.77. The molecular formula is C12H10F3N3. The van der Waals surface area contributed by atoms with E-state index in [-0.39, 0.29) is 0 Å². The summed E-state index contributed by atoms with van der Waals surface area (Å²) in [5, 5.41) is 2.95. The van der Waals surface area contributed by atoms with Crippen LogP contribution in [-0.2, 0) is 6.18 Å². The van der Waals surface area contributed by atoms with E-state index in [9.17, 15) is 13.2 Å². The molecule has 0 spiro atoms. The number of aromatic nitrogens is 2. The maximum Gasteiger partial charge on any atom is 0.451 e. The number of nitrogens with one attached hydrogen (secondary N) is 1. The van der Waals surface area contributed by atoms with Crippen LogP contribution in [0.25, 0.3) is 11.1 Å². The summed E-state index contributed by atoms with van der Waals surface area (Å²) in [5.74, 6) is -1.13. The number of anilines is 1. The van der Waals surface area contributed by atoms with Crippen LogP contribution in [-0.4, -0.2) is 17.0 Å². The first-order valence-corrected chi connectivity index (χ1v) is 5.18. The summed E-state index contributed by atoms with van der Waals surface area (Å²) in [6, 6.07) is 7.26. The molecule has 2 rings (SSSR count). The third-order valence-electron chi connectivity index (χ3n) is 2.39. The summed E-state index contributed by atoms with van der Waals surface area (Å²) in [6.45, 7) is 0. The summed E-state index contributed by atoms with van der Waals surface area (Å²) in [5.41, 5.74) is 2.17. The van der Waals surface area contributed by atoms with E-state index < -0.39 is 12.0 Å². The smallest absolute Gasteiger partial charge is 0.388 e. The third-order valence-corrected chi connectivity index (χ3v) is 2.39. The molecule has 3 nitrogen and oxygen atoms in total. The summed E-state index contributed by atoms with van der Waals surface area (Å²) >= 11 is 0. The second kappa shape index (κ2) is 4.64. The molecule has 0 bridgehead atoms. The van der Waals surface area contributed by atoms with Gasteiger partial charge in [-0.1, -0.05) is 12.1 Å². The van der Waals surface area contributed by atoms with Gasteiger partial charge in [0, 0.05) is 30.7 Å². The molecular weight excluding hydrogens is 243 g/mol. The highest BCUT2D eigenvalue weighted by Gasteiger charge is 2.34. The predicted octanol–water partition coefficient (Wildman–Crippen LogP) is 3.20. The summed E-state index contributed by atoms with van der Waals surface area (Å²) in [6.07, 6.45) is -2.17. The maximum absolute atomic E-state index is 12.3. The van der Waals surface area contributed by atoms with E-state index in [1.807, 2.05) is 12.1 Å². The fourth-order valence-electron chi connectivity index (χ4n) is 1.48. The molecule has 1 N–H and O–H groups in total. The van der Waals surface area contributed by atoms with Crippen molar-refractivity contribution in [3.63, 3.8) is 0 Å². The monoisotopic (exact) mass is 253 g/mol. The van der Waals surface area contributed by atoms with Crippen LogP contribution in [0.3, 0.4) is 0 Å². The Morgan fingerprint density at radius 2 is 1.72 bits per heavy atom. The number of nitrogens with zero attached hydrogens (tertiary/aromatic N) is 2. The van der Waals surface area contributed by atoms with E-state index in [0.717, 1.165) is 11.3 Å². The molecule has 0 atom stereocenters. The first-order valence-electron chi connectivity index (χ1n) is 5.18. The molecule has 0 aliphatic heterocycles. The number of rotatable bonds is 2. The molecule has 0 fully saturated rings. The Labute approximate surface area is 102 Å². The van der Waals surface area contributed by atoms with Crippen molar-refractivity contribution >= 4 is 5.69 Å². The zero-order valence-electron chi connectivity index (χ0n) is 9.49. The molecule has 0 amide bonds. The van der Waals surface area contributed by atoms with Crippen LogP contribution < -0.4 is 5.32 Å². The number of hydrogen-bond donors (Lipinski definition) is 1. The first-order chi connectivity index (χ1) is 8.50. The topological polar surface area (TPSA) is 37.8 Å². The lowest BCUT2D eigenvalue weighted by molar-refractivity contribution is -0.144. The highest BCUT2D eigenvalue weighted by molar-refractivity contribution is 5.66. The van der Waals surface area contributed by atoms with Gasteiger partial charge in [-0.05, 0) is 17.7 Å². The van der Waals surface area contributed by atoms with Gasteiger partial charge >= 0.3 is 6.18 Å².